The average Bonchev–Trinajstić information content (AvgIpc) is 2.61. The number of aliphatic hydroxyl groups is 1. The van der Waals surface area contributed by atoms with Crippen molar-refractivity contribution >= 4 is 5.97 Å². The molecule has 5 nitrogen and oxygen atoms in total. The molecule has 0 aromatic heterocycles. The van der Waals surface area contributed by atoms with E-state index in [1.54, 1.807) is 0 Å². The van der Waals surface area contributed by atoms with E-state index in [1.807, 2.05) is 11.9 Å². The van der Waals surface area contributed by atoms with Crippen LogP contribution in [0.2, 0.25) is 0 Å². The first-order valence-corrected chi connectivity index (χ1v) is 5.85. The molecule has 2 aliphatic heterocycles. The number of aliphatic carboxylic acids is 1. The summed E-state index contributed by atoms with van der Waals surface area (Å²) in [7, 11) is 1.93. The number of β-amino-alcohol motifs (C(OH)–C–C–N with tert-alkyl or cyclic N) is 1. The number of piperidine rings is 1. The zero-order valence-electron chi connectivity index (χ0n) is 9.70. The summed E-state index contributed by atoms with van der Waals surface area (Å²) in [5, 5.41) is 23.3. The highest BCUT2D eigenvalue weighted by Gasteiger charge is 2.58. The van der Waals surface area contributed by atoms with Crippen molar-refractivity contribution < 1.29 is 15.0 Å². The fourth-order valence-electron chi connectivity index (χ4n) is 3.10. The van der Waals surface area contributed by atoms with Crippen LogP contribution in [0, 0.1) is 5.41 Å². The van der Waals surface area contributed by atoms with Gasteiger partial charge in [0.15, 0.2) is 0 Å². The molecule has 0 aliphatic carbocycles. The third-order valence-corrected chi connectivity index (χ3v) is 4.20. The first-order valence-electron chi connectivity index (χ1n) is 5.85. The topological polar surface area (TPSA) is 72.8 Å². The van der Waals surface area contributed by atoms with Crippen molar-refractivity contribution in [1.29, 1.82) is 0 Å². The number of carboxylic acids is 1. The van der Waals surface area contributed by atoms with Gasteiger partial charge in [0.2, 0.25) is 0 Å². The van der Waals surface area contributed by atoms with E-state index >= 15 is 0 Å². The van der Waals surface area contributed by atoms with Crippen LogP contribution >= 0.6 is 0 Å². The number of hydrogen-bond donors (Lipinski definition) is 3. The lowest BCUT2D eigenvalue weighted by molar-refractivity contribution is -0.172. The predicted octanol–water partition coefficient (Wildman–Crippen LogP) is -0.493. The van der Waals surface area contributed by atoms with Gasteiger partial charge in [0, 0.05) is 13.1 Å². The van der Waals surface area contributed by atoms with Crippen LogP contribution in [0.1, 0.15) is 19.3 Å². The van der Waals surface area contributed by atoms with Crippen LogP contribution < -0.4 is 5.32 Å². The monoisotopic (exact) mass is 228 g/mol. The van der Waals surface area contributed by atoms with Gasteiger partial charge in [-0.25, -0.2) is 0 Å². The van der Waals surface area contributed by atoms with Crippen LogP contribution in [0.4, 0.5) is 0 Å². The van der Waals surface area contributed by atoms with E-state index in [-0.39, 0.29) is 0 Å². The standard InChI is InChI=1S/C11H20N2O3/c1-13-7-4-11(16,8-13)10(9(14)15)2-5-12-6-3-10/h12,16H,2-8H2,1H3,(H,14,15). The molecule has 0 amide bonds. The molecule has 16 heavy (non-hydrogen) atoms. The van der Waals surface area contributed by atoms with Gasteiger partial charge in [0.25, 0.3) is 0 Å². The Bertz CT molecular complexity index is 289. The maximum absolute atomic E-state index is 11.6. The Balaban J connectivity index is 2.28. The number of carboxylic acid groups (broad SMARTS) is 1. The summed E-state index contributed by atoms with van der Waals surface area (Å²) in [4.78, 5) is 13.6. The van der Waals surface area contributed by atoms with E-state index in [0.717, 1.165) is 6.54 Å². The largest absolute Gasteiger partial charge is 0.481 e. The number of likely N-dealkylation sites (tertiary alicyclic amines) is 1. The molecule has 2 heterocycles. The first-order chi connectivity index (χ1) is 7.50. The summed E-state index contributed by atoms with van der Waals surface area (Å²) in [6.07, 6.45) is 1.61. The van der Waals surface area contributed by atoms with Crippen molar-refractivity contribution in [2.45, 2.75) is 24.9 Å². The quantitative estimate of drug-likeness (QED) is 0.594. The van der Waals surface area contributed by atoms with Crippen LogP contribution in [0.15, 0.2) is 0 Å². The zero-order valence-corrected chi connectivity index (χ0v) is 9.70. The van der Waals surface area contributed by atoms with Gasteiger partial charge < -0.3 is 20.4 Å². The molecule has 0 aromatic carbocycles. The summed E-state index contributed by atoms with van der Waals surface area (Å²) in [6.45, 7) is 2.61. The highest BCUT2D eigenvalue weighted by atomic mass is 16.4. The fraction of sp³-hybridized carbons (Fsp3) is 0.909. The van der Waals surface area contributed by atoms with E-state index in [4.69, 9.17) is 0 Å². The van der Waals surface area contributed by atoms with Crippen LogP contribution in [0.25, 0.3) is 0 Å². The molecule has 92 valence electrons. The second kappa shape index (κ2) is 3.98. The van der Waals surface area contributed by atoms with E-state index < -0.39 is 17.0 Å². The summed E-state index contributed by atoms with van der Waals surface area (Å²) < 4.78 is 0. The molecule has 1 atom stereocenters. The molecule has 2 fully saturated rings. The number of nitrogens with zero attached hydrogens (tertiary/aromatic N) is 1. The maximum atomic E-state index is 11.6. The third-order valence-electron chi connectivity index (χ3n) is 4.20. The van der Waals surface area contributed by atoms with Gasteiger partial charge in [-0.3, -0.25) is 4.79 Å². The summed E-state index contributed by atoms with van der Waals surface area (Å²) in [5.41, 5.74) is -2.02. The smallest absolute Gasteiger partial charge is 0.312 e. The van der Waals surface area contributed by atoms with Gasteiger partial charge >= 0.3 is 5.97 Å². The molecule has 2 rings (SSSR count). The second-order valence-corrected chi connectivity index (χ2v) is 5.16. The minimum atomic E-state index is -1.06. The Morgan fingerprint density at radius 3 is 2.38 bits per heavy atom. The molecule has 3 N–H and O–H groups in total. The van der Waals surface area contributed by atoms with Crippen LogP contribution in [0.5, 0.6) is 0 Å². The van der Waals surface area contributed by atoms with Gasteiger partial charge in [-0.15, -0.1) is 0 Å². The van der Waals surface area contributed by atoms with E-state index in [2.05, 4.69) is 5.32 Å². The molecule has 0 spiro atoms. The molecule has 2 saturated heterocycles. The SMILES string of the molecule is CN1CCC(O)(C2(C(=O)O)CCNCC2)C1. The average molecular weight is 228 g/mol. The summed E-state index contributed by atoms with van der Waals surface area (Å²) in [5.74, 6) is -0.841. The maximum Gasteiger partial charge on any atom is 0.312 e. The highest BCUT2D eigenvalue weighted by Crippen LogP contribution is 2.45. The number of rotatable bonds is 2. The second-order valence-electron chi connectivity index (χ2n) is 5.16. The van der Waals surface area contributed by atoms with Gasteiger partial charge in [-0.05, 0) is 39.4 Å². The van der Waals surface area contributed by atoms with Crippen molar-refractivity contribution in [2.75, 3.05) is 33.2 Å². The molecular weight excluding hydrogens is 208 g/mol. The van der Waals surface area contributed by atoms with Crippen molar-refractivity contribution in [3.05, 3.63) is 0 Å². The van der Waals surface area contributed by atoms with Gasteiger partial charge in [-0.1, -0.05) is 0 Å². The number of carbonyl (C=O) groups is 1. The van der Waals surface area contributed by atoms with Crippen LogP contribution in [0.3, 0.4) is 0 Å². The third kappa shape index (κ3) is 1.63. The molecule has 1 unspecified atom stereocenters. The molecule has 0 aromatic rings. The van der Waals surface area contributed by atoms with E-state index in [1.165, 1.54) is 0 Å². The number of likely N-dealkylation sites (N-methyl/N-ethyl adjacent to an activating group) is 1. The molecular formula is C11H20N2O3. The Morgan fingerprint density at radius 2 is 1.94 bits per heavy atom. The number of nitrogens with one attached hydrogen (secondary N) is 1. The molecule has 0 saturated carbocycles. The molecule has 0 radical (unpaired) electrons. The first kappa shape index (κ1) is 11.8. The highest BCUT2D eigenvalue weighted by molar-refractivity contribution is 5.76. The summed E-state index contributed by atoms with van der Waals surface area (Å²) >= 11 is 0. The van der Waals surface area contributed by atoms with Gasteiger partial charge in [0.1, 0.15) is 5.41 Å². The predicted molar refractivity (Wildman–Crippen MR) is 59.2 cm³/mol. The number of hydrogen-bond acceptors (Lipinski definition) is 4. The van der Waals surface area contributed by atoms with E-state index in [9.17, 15) is 15.0 Å². The van der Waals surface area contributed by atoms with Crippen LogP contribution in [-0.4, -0.2) is 59.9 Å². The zero-order chi connectivity index (χ0) is 11.8. The summed E-state index contributed by atoms with van der Waals surface area (Å²) in [6, 6.07) is 0. The van der Waals surface area contributed by atoms with Crippen molar-refractivity contribution in [1.82, 2.24) is 10.2 Å². The normalized spacial score (nSPS) is 35.1. The minimum Gasteiger partial charge on any atom is -0.481 e. The van der Waals surface area contributed by atoms with E-state index in [0.29, 0.717) is 38.9 Å². The molecule has 2 aliphatic rings. The lowest BCUT2D eigenvalue weighted by Gasteiger charge is -2.44. The van der Waals surface area contributed by atoms with Gasteiger partial charge in [0.05, 0.1) is 5.60 Å². The van der Waals surface area contributed by atoms with Crippen LogP contribution in [-0.2, 0) is 4.79 Å². The van der Waals surface area contributed by atoms with Crippen molar-refractivity contribution in [3.63, 3.8) is 0 Å². The Labute approximate surface area is 95.4 Å². The molecule has 0 bridgehead atoms. The lowest BCUT2D eigenvalue weighted by Crippen LogP contribution is -2.58. The fourth-order valence-corrected chi connectivity index (χ4v) is 3.10. The van der Waals surface area contributed by atoms with Gasteiger partial charge in [-0.2, -0.15) is 0 Å². The lowest BCUT2D eigenvalue weighted by atomic mass is 9.65. The molecule has 5 heteroatoms. The Hall–Kier alpha value is -0.650. The minimum absolute atomic E-state index is 0.472. The Kier molecular flexibility index (Phi) is 2.94. The van der Waals surface area contributed by atoms with Crippen molar-refractivity contribution in [2.24, 2.45) is 5.41 Å². The Morgan fingerprint density at radius 1 is 1.31 bits per heavy atom. The van der Waals surface area contributed by atoms with Crippen molar-refractivity contribution in [3.8, 4) is 0 Å².